The van der Waals surface area contributed by atoms with E-state index in [0.717, 1.165) is 11.1 Å². The smallest absolute Gasteiger partial charge is 0.338 e. The Balaban J connectivity index is 2.69. The molecule has 104 valence electrons. The Labute approximate surface area is 112 Å². The van der Waals surface area contributed by atoms with Crippen LogP contribution in [0.15, 0.2) is 18.2 Å². The summed E-state index contributed by atoms with van der Waals surface area (Å²) in [6, 6.07) is 5.08. The van der Waals surface area contributed by atoms with Gasteiger partial charge < -0.3 is 14.8 Å². The topological polar surface area (TPSA) is 64.6 Å². The van der Waals surface area contributed by atoms with Crippen LogP contribution in [-0.2, 0) is 20.8 Å². The quantitative estimate of drug-likeness (QED) is 0.816. The van der Waals surface area contributed by atoms with Crippen molar-refractivity contribution in [2.24, 2.45) is 0 Å². The maximum absolute atomic E-state index is 11.4. The van der Waals surface area contributed by atoms with Gasteiger partial charge >= 0.3 is 11.9 Å². The minimum Gasteiger partial charge on any atom is -0.468 e. The number of rotatable bonds is 5. The molecule has 0 fully saturated rings. The number of carbonyl (C=O) groups excluding carboxylic acids is 2. The van der Waals surface area contributed by atoms with Crippen LogP contribution in [0.5, 0.6) is 0 Å². The van der Waals surface area contributed by atoms with Crippen molar-refractivity contribution in [3.05, 3.63) is 34.9 Å². The van der Waals surface area contributed by atoms with Crippen molar-refractivity contribution in [2.75, 3.05) is 14.2 Å². The summed E-state index contributed by atoms with van der Waals surface area (Å²) < 4.78 is 9.31. The van der Waals surface area contributed by atoms with Crippen molar-refractivity contribution in [1.29, 1.82) is 0 Å². The molecular formula is C14H19NO4. The Kier molecular flexibility index (Phi) is 5.51. The van der Waals surface area contributed by atoms with E-state index >= 15 is 0 Å². The third-order valence-corrected chi connectivity index (χ3v) is 2.86. The van der Waals surface area contributed by atoms with E-state index in [-0.39, 0.29) is 18.0 Å². The molecule has 0 aliphatic carbocycles. The number of benzene rings is 1. The number of hydrogen-bond acceptors (Lipinski definition) is 5. The van der Waals surface area contributed by atoms with Crippen molar-refractivity contribution in [3.8, 4) is 0 Å². The molecule has 0 saturated carbocycles. The van der Waals surface area contributed by atoms with Crippen molar-refractivity contribution < 1.29 is 19.1 Å². The first kappa shape index (κ1) is 15.2. The van der Waals surface area contributed by atoms with E-state index in [0.29, 0.717) is 12.1 Å². The summed E-state index contributed by atoms with van der Waals surface area (Å²) >= 11 is 0. The van der Waals surface area contributed by atoms with Crippen molar-refractivity contribution in [2.45, 2.75) is 26.4 Å². The largest absolute Gasteiger partial charge is 0.468 e. The summed E-state index contributed by atoms with van der Waals surface area (Å²) in [5.74, 6) is -0.650. The van der Waals surface area contributed by atoms with Gasteiger partial charge in [0.2, 0.25) is 0 Å². The van der Waals surface area contributed by atoms with Crippen molar-refractivity contribution in [1.82, 2.24) is 5.32 Å². The standard InChI is InChI=1S/C14H19NO4/c1-9-7-11(5-6-12(9)14(17)19-4)8-15-10(2)13(16)18-3/h5-7,10,15H,8H2,1-4H3/t10-/m1/s1. The van der Waals surface area contributed by atoms with Crippen LogP contribution in [0, 0.1) is 6.92 Å². The summed E-state index contributed by atoms with van der Waals surface area (Å²) in [5.41, 5.74) is 2.38. The van der Waals surface area contributed by atoms with Gasteiger partial charge in [-0.05, 0) is 31.0 Å². The molecule has 0 aliphatic rings. The van der Waals surface area contributed by atoms with Gasteiger partial charge in [-0.25, -0.2) is 4.79 Å². The number of methoxy groups -OCH3 is 2. The highest BCUT2D eigenvalue weighted by Crippen LogP contribution is 2.12. The third-order valence-electron chi connectivity index (χ3n) is 2.86. The molecule has 5 heteroatoms. The van der Waals surface area contributed by atoms with E-state index in [1.165, 1.54) is 14.2 Å². The van der Waals surface area contributed by atoms with Gasteiger partial charge in [-0.15, -0.1) is 0 Å². The van der Waals surface area contributed by atoms with Crippen LogP contribution in [0.4, 0.5) is 0 Å². The lowest BCUT2D eigenvalue weighted by Crippen LogP contribution is -2.34. The molecular weight excluding hydrogens is 246 g/mol. The van der Waals surface area contributed by atoms with Gasteiger partial charge in [-0.3, -0.25) is 4.79 Å². The molecule has 0 radical (unpaired) electrons. The molecule has 1 atom stereocenters. The number of carbonyl (C=O) groups is 2. The molecule has 0 heterocycles. The number of hydrogen-bond donors (Lipinski definition) is 1. The predicted octanol–water partition coefficient (Wildman–Crippen LogP) is 1.43. The van der Waals surface area contributed by atoms with E-state index in [1.807, 2.05) is 19.1 Å². The Morgan fingerprint density at radius 2 is 1.95 bits per heavy atom. The number of ether oxygens (including phenoxy) is 2. The summed E-state index contributed by atoms with van der Waals surface area (Å²) in [6.45, 7) is 4.11. The van der Waals surface area contributed by atoms with E-state index in [4.69, 9.17) is 0 Å². The summed E-state index contributed by atoms with van der Waals surface area (Å²) in [7, 11) is 2.71. The summed E-state index contributed by atoms with van der Waals surface area (Å²) in [5, 5.41) is 3.05. The van der Waals surface area contributed by atoms with Crippen LogP contribution in [0.2, 0.25) is 0 Å². The molecule has 0 aliphatic heterocycles. The first-order chi connectivity index (χ1) is 8.99. The Hall–Kier alpha value is -1.88. The van der Waals surface area contributed by atoms with Crippen LogP contribution in [0.3, 0.4) is 0 Å². The zero-order valence-corrected chi connectivity index (χ0v) is 11.6. The summed E-state index contributed by atoms with van der Waals surface area (Å²) in [4.78, 5) is 22.7. The first-order valence-electron chi connectivity index (χ1n) is 5.98. The van der Waals surface area contributed by atoms with Gasteiger partial charge in [0, 0.05) is 6.54 Å². The zero-order chi connectivity index (χ0) is 14.4. The zero-order valence-electron chi connectivity index (χ0n) is 11.6. The average molecular weight is 265 g/mol. The van der Waals surface area contributed by atoms with Crippen LogP contribution < -0.4 is 5.32 Å². The minimum atomic E-state index is -0.370. The Morgan fingerprint density at radius 3 is 2.47 bits per heavy atom. The maximum atomic E-state index is 11.4. The van der Waals surface area contributed by atoms with E-state index < -0.39 is 0 Å². The summed E-state index contributed by atoms with van der Waals surface area (Å²) in [6.07, 6.45) is 0. The molecule has 1 N–H and O–H groups in total. The average Bonchev–Trinajstić information content (AvgIpc) is 2.43. The van der Waals surface area contributed by atoms with E-state index in [9.17, 15) is 9.59 Å². The molecule has 19 heavy (non-hydrogen) atoms. The molecule has 0 saturated heterocycles. The Morgan fingerprint density at radius 1 is 1.26 bits per heavy atom. The van der Waals surface area contributed by atoms with E-state index in [2.05, 4.69) is 14.8 Å². The van der Waals surface area contributed by atoms with Gasteiger partial charge in [0.05, 0.1) is 19.8 Å². The highest BCUT2D eigenvalue weighted by Gasteiger charge is 2.13. The molecule has 0 amide bonds. The SMILES string of the molecule is COC(=O)c1ccc(CN[C@H](C)C(=O)OC)cc1C. The first-order valence-corrected chi connectivity index (χ1v) is 5.98. The van der Waals surface area contributed by atoms with Crippen LogP contribution in [0.1, 0.15) is 28.4 Å². The second-order valence-electron chi connectivity index (χ2n) is 4.27. The van der Waals surface area contributed by atoms with Crippen LogP contribution in [-0.4, -0.2) is 32.2 Å². The lowest BCUT2D eigenvalue weighted by Gasteiger charge is -2.12. The normalized spacial score (nSPS) is 11.8. The molecule has 0 aromatic heterocycles. The lowest BCUT2D eigenvalue weighted by atomic mass is 10.0. The van der Waals surface area contributed by atoms with Gasteiger partial charge in [0.15, 0.2) is 0 Å². The number of nitrogens with one attached hydrogen (secondary N) is 1. The fourth-order valence-electron chi connectivity index (χ4n) is 1.71. The molecule has 5 nitrogen and oxygen atoms in total. The highest BCUT2D eigenvalue weighted by molar-refractivity contribution is 5.90. The fourth-order valence-corrected chi connectivity index (χ4v) is 1.71. The molecule has 0 bridgehead atoms. The molecule has 0 unspecified atom stereocenters. The molecule has 1 rings (SSSR count). The monoisotopic (exact) mass is 265 g/mol. The fraction of sp³-hybridized carbons (Fsp3) is 0.429. The van der Waals surface area contributed by atoms with Crippen molar-refractivity contribution >= 4 is 11.9 Å². The van der Waals surface area contributed by atoms with Gasteiger partial charge in [0.25, 0.3) is 0 Å². The van der Waals surface area contributed by atoms with Gasteiger partial charge in [0.1, 0.15) is 6.04 Å². The lowest BCUT2D eigenvalue weighted by molar-refractivity contribution is -0.142. The van der Waals surface area contributed by atoms with Gasteiger partial charge in [-0.1, -0.05) is 12.1 Å². The van der Waals surface area contributed by atoms with Crippen molar-refractivity contribution in [3.63, 3.8) is 0 Å². The van der Waals surface area contributed by atoms with Crippen LogP contribution in [0.25, 0.3) is 0 Å². The number of esters is 2. The second-order valence-corrected chi connectivity index (χ2v) is 4.27. The predicted molar refractivity (Wildman–Crippen MR) is 70.8 cm³/mol. The minimum absolute atomic E-state index is 0.303. The second kappa shape index (κ2) is 6.89. The molecule has 1 aromatic rings. The Bertz CT molecular complexity index is 471. The molecule has 1 aromatic carbocycles. The highest BCUT2D eigenvalue weighted by atomic mass is 16.5. The van der Waals surface area contributed by atoms with E-state index in [1.54, 1.807) is 13.0 Å². The van der Waals surface area contributed by atoms with Crippen LogP contribution >= 0.6 is 0 Å². The van der Waals surface area contributed by atoms with Gasteiger partial charge in [-0.2, -0.15) is 0 Å². The molecule has 0 spiro atoms. The third kappa shape index (κ3) is 4.06. The maximum Gasteiger partial charge on any atom is 0.338 e. The number of aryl methyl sites for hydroxylation is 1.